The van der Waals surface area contributed by atoms with Crippen LogP contribution in [0.4, 0.5) is 11.4 Å². The summed E-state index contributed by atoms with van der Waals surface area (Å²) in [6.07, 6.45) is 0. The van der Waals surface area contributed by atoms with Gasteiger partial charge >= 0.3 is 0 Å². The number of nitrogens with zero attached hydrogens (tertiary/aromatic N) is 1. The number of carbonyl (C=O) groups excluding carboxylic acids is 1. The second kappa shape index (κ2) is 8.93. The SMILES string of the molecule is CCOc1ccccc1CSCC(=O)Nc1cccc([N+](=O)[O-])c1. The van der Waals surface area contributed by atoms with E-state index in [0.717, 1.165) is 11.3 Å². The average Bonchev–Trinajstić information content (AvgIpc) is 2.57. The molecule has 0 heterocycles. The molecule has 0 aliphatic rings. The summed E-state index contributed by atoms with van der Waals surface area (Å²) in [5.41, 5.74) is 1.41. The van der Waals surface area contributed by atoms with Crippen LogP contribution in [0.3, 0.4) is 0 Å². The van der Waals surface area contributed by atoms with Gasteiger partial charge in [-0.05, 0) is 19.1 Å². The lowest BCUT2D eigenvalue weighted by Gasteiger charge is -2.09. The molecule has 0 saturated heterocycles. The number of rotatable bonds is 8. The molecule has 0 atom stereocenters. The first kappa shape index (κ1) is 17.8. The quantitative estimate of drug-likeness (QED) is 0.580. The molecule has 2 rings (SSSR count). The summed E-state index contributed by atoms with van der Waals surface area (Å²) in [4.78, 5) is 22.2. The molecule has 2 aromatic carbocycles. The number of anilines is 1. The van der Waals surface area contributed by atoms with Gasteiger partial charge in [-0.1, -0.05) is 24.3 Å². The number of thioether (sulfide) groups is 1. The first-order valence-electron chi connectivity index (χ1n) is 7.43. The molecule has 24 heavy (non-hydrogen) atoms. The number of nitro benzene ring substituents is 1. The van der Waals surface area contributed by atoms with Crippen LogP contribution in [0.5, 0.6) is 5.75 Å². The highest BCUT2D eigenvalue weighted by atomic mass is 32.2. The largest absolute Gasteiger partial charge is 0.494 e. The Morgan fingerprint density at radius 1 is 1.25 bits per heavy atom. The van der Waals surface area contributed by atoms with Gasteiger partial charge in [0.2, 0.25) is 5.91 Å². The van der Waals surface area contributed by atoms with Crippen LogP contribution in [0.15, 0.2) is 48.5 Å². The number of hydrogen-bond donors (Lipinski definition) is 1. The Balaban J connectivity index is 1.86. The molecule has 1 amide bonds. The van der Waals surface area contributed by atoms with Crippen molar-refractivity contribution in [2.75, 3.05) is 17.7 Å². The van der Waals surface area contributed by atoms with Crippen molar-refractivity contribution in [3.05, 3.63) is 64.2 Å². The van der Waals surface area contributed by atoms with Gasteiger partial charge in [0.1, 0.15) is 5.75 Å². The third kappa shape index (κ3) is 5.27. The Morgan fingerprint density at radius 2 is 2.04 bits per heavy atom. The molecular formula is C17H18N2O4S. The fourth-order valence-electron chi connectivity index (χ4n) is 2.07. The van der Waals surface area contributed by atoms with Crippen LogP contribution < -0.4 is 10.1 Å². The van der Waals surface area contributed by atoms with Crippen molar-refractivity contribution >= 4 is 29.0 Å². The molecule has 0 aliphatic heterocycles. The van der Waals surface area contributed by atoms with E-state index in [1.54, 1.807) is 12.1 Å². The van der Waals surface area contributed by atoms with Crippen molar-refractivity contribution in [2.45, 2.75) is 12.7 Å². The number of non-ortho nitro benzene ring substituents is 1. The number of para-hydroxylation sites is 1. The number of amides is 1. The highest BCUT2D eigenvalue weighted by Gasteiger charge is 2.09. The van der Waals surface area contributed by atoms with Gasteiger partial charge in [0.15, 0.2) is 0 Å². The third-order valence-corrected chi connectivity index (χ3v) is 4.09. The molecule has 7 heteroatoms. The van der Waals surface area contributed by atoms with E-state index in [2.05, 4.69) is 5.32 Å². The van der Waals surface area contributed by atoms with Crippen molar-refractivity contribution in [3.8, 4) is 5.75 Å². The number of hydrogen-bond acceptors (Lipinski definition) is 5. The Morgan fingerprint density at radius 3 is 2.79 bits per heavy atom. The second-order valence-electron chi connectivity index (χ2n) is 4.89. The minimum atomic E-state index is -0.491. The molecule has 6 nitrogen and oxygen atoms in total. The molecule has 0 fully saturated rings. The van der Waals surface area contributed by atoms with Crippen LogP contribution in [0.1, 0.15) is 12.5 Å². The van der Waals surface area contributed by atoms with E-state index < -0.39 is 4.92 Å². The minimum absolute atomic E-state index is 0.0499. The molecule has 0 saturated carbocycles. The lowest BCUT2D eigenvalue weighted by Crippen LogP contribution is -2.14. The lowest BCUT2D eigenvalue weighted by molar-refractivity contribution is -0.384. The molecule has 2 aromatic rings. The number of ether oxygens (including phenoxy) is 1. The standard InChI is InChI=1S/C17H18N2O4S/c1-2-23-16-9-4-3-6-13(16)11-24-12-17(20)18-14-7-5-8-15(10-14)19(21)22/h3-10H,2,11-12H2,1H3,(H,18,20). The summed E-state index contributed by atoms with van der Waals surface area (Å²) in [5.74, 6) is 1.53. The van der Waals surface area contributed by atoms with E-state index >= 15 is 0 Å². The van der Waals surface area contributed by atoms with E-state index in [9.17, 15) is 14.9 Å². The maximum Gasteiger partial charge on any atom is 0.271 e. The van der Waals surface area contributed by atoms with Crippen LogP contribution in [-0.4, -0.2) is 23.2 Å². The van der Waals surface area contributed by atoms with Gasteiger partial charge in [0.05, 0.1) is 17.3 Å². The predicted octanol–water partition coefficient (Wildman–Crippen LogP) is 3.87. The first-order chi connectivity index (χ1) is 11.6. The zero-order valence-electron chi connectivity index (χ0n) is 13.2. The summed E-state index contributed by atoms with van der Waals surface area (Å²) < 4.78 is 5.55. The Kier molecular flexibility index (Phi) is 6.62. The number of benzene rings is 2. The summed E-state index contributed by atoms with van der Waals surface area (Å²) in [5, 5.41) is 13.4. The molecule has 0 aromatic heterocycles. The van der Waals surface area contributed by atoms with E-state index in [1.807, 2.05) is 31.2 Å². The summed E-state index contributed by atoms with van der Waals surface area (Å²) in [7, 11) is 0. The van der Waals surface area contributed by atoms with Crippen LogP contribution in [-0.2, 0) is 10.5 Å². The van der Waals surface area contributed by atoms with Gasteiger partial charge < -0.3 is 10.1 Å². The van der Waals surface area contributed by atoms with Crippen molar-refractivity contribution in [1.82, 2.24) is 0 Å². The fraction of sp³-hybridized carbons (Fsp3) is 0.235. The van der Waals surface area contributed by atoms with Gasteiger partial charge in [0.25, 0.3) is 5.69 Å². The van der Waals surface area contributed by atoms with Gasteiger partial charge in [-0.25, -0.2) is 0 Å². The van der Waals surface area contributed by atoms with Gasteiger partial charge in [-0.3, -0.25) is 14.9 Å². The number of carbonyl (C=O) groups is 1. The zero-order chi connectivity index (χ0) is 17.4. The van der Waals surface area contributed by atoms with Crippen molar-refractivity contribution in [3.63, 3.8) is 0 Å². The average molecular weight is 346 g/mol. The van der Waals surface area contributed by atoms with Gasteiger partial charge in [-0.15, -0.1) is 11.8 Å². The normalized spacial score (nSPS) is 10.2. The van der Waals surface area contributed by atoms with Gasteiger partial charge in [-0.2, -0.15) is 0 Å². The molecular weight excluding hydrogens is 328 g/mol. The summed E-state index contributed by atoms with van der Waals surface area (Å²) in [6.45, 7) is 2.52. The van der Waals surface area contributed by atoms with Crippen molar-refractivity contribution in [1.29, 1.82) is 0 Å². The molecule has 126 valence electrons. The Hall–Kier alpha value is -2.54. The van der Waals surface area contributed by atoms with Crippen molar-refractivity contribution in [2.24, 2.45) is 0 Å². The Bertz CT molecular complexity index is 721. The second-order valence-corrected chi connectivity index (χ2v) is 5.87. The van der Waals surface area contributed by atoms with Gasteiger partial charge in [0, 0.05) is 29.1 Å². The van der Waals surface area contributed by atoms with E-state index in [1.165, 1.54) is 23.9 Å². The zero-order valence-corrected chi connectivity index (χ0v) is 14.0. The highest BCUT2D eigenvalue weighted by Crippen LogP contribution is 2.23. The minimum Gasteiger partial charge on any atom is -0.494 e. The fourth-order valence-corrected chi connectivity index (χ4v) is 2.89. The van der Waals surface area contributed by atoms with Crippen LogP contribution in [0.25, 0.3) is 0 Å². The van der Waals surface area contributed by atoms with E-state index in [-0.39, 0.29) is 17.3 Å². The predicted molar refractivity (Wildman–Crippen MR) is 95.5 cm³/mol. The topological polar surface area (TPSA) is 81.5 Å². The molecule has 0 radical (unpaired) electrons. The number of nitrogens with one attached hydrogen (secondary N) is 1. The van der Waals surface area contributed by atoms with Crippen LogP contribution in [0.2, 0.25) is 0 Å². The number of nitro groups is 1. The monoisotopic (exact) mass is 346 g/mol. The molecule has 1 N–H and O–H groups in total. The van der Waals surface area contributed by atoms with E-state index in [4.69, 9.17) is 4.74 Å². The highest BCUT2D eigenvalue weighted by molar-refractivity contribution is 7.99. The van der Waals surface area contributed by atoms with E-state index in [0.29, 0.717) is 18.0 Å². The summed E-state index contributed by atoms with van der Waals surface area (Å²) >= 11 is 1.46. The van der Waals surface area contributed by atoms with Crippen LogP contribution in [0, 0.1) is 10.1 Å². The Labute approximate surface area is 144 Å². The van der Waals surface area contributed by atoms with Crippen LogP contribution >= 0.6 is 11.8 Å². The summed E-state index contributed by atoms with van der Waals surface area (Å²) in [6, 6.07) is 13.6. The molecule has 0 bridgehead atoms. The molecule has 0 unspecified atom stereocenters. The maximum atomic E-state index is 12.0. The molecule has 0 aliphatic carbocycles. The first-order valence-corrected chi connectivity index (χ1v) is 8.58. The molecule has 0 spiro atoms. The maximum absolute atomic E-state index is 12.0. The lowest BCUT2D eigenvalue weighted by atomic mass is 10.2. The smallest absolute Gasteiger partial charge is 0.271 e. The van der Waals surface area contributed by atoms with Crippen molar-refractivity contribution < 1.29 is 14.5 Å². The third-order valence-electron chi connectivity index (χ3n) is 3.10.